The first-order valence-electron chi connectivity index (χ1n) is 4.11. The van der Waals surface area contributed by atoms with Crippen LogP contribution in [0.1, 0.15) is 6.92 Å². The van der Waals surface area contributed by atoms with Crippen LogP contribution in [0, 0.1) is 0 Å². The highest BCUT2D eigenvalue weighted by atomic mass is 16.2. The molecule has 13 heavy (non-hydrogen) atoms. The van der Waals surface area contributed by atoms with Gasteiger partial charge in [0.1, 0.15) is 0 Å². The lowest BCUT2D eigenvalue weighted by molar-refractivity contribution is -0.129. The molecule has 68 valence electrons. The number of hydrogen-bond donors (Lipinski definition) is 0. The van der Waals surface area contributed by atoms with E-state index >= 15 is 0 Å². The maximum absolute atomic E-state index is 11.1. The molecular formula is C10H11NO2. The fourth-order valence-electron chi connectivity index (χ4n) is 1.14. The Hall–Kier alpha value is -1.64. The highest BCUT2D eigenvalue weighted by Gasteiger charge is 2.10. The van der Waals surface area contributed by atoms with Crippen LogP contribution in [0.2, 0.25) is 0 Å². The number of nitrogens with zero attached hydrogens (tertiary/aromatic N) is 1. The van der Waals surface area contributed by atoms with E-state index in [0.717, 1.165) is 5.69 Å². The lowest BCUT2D eigenvalue weighted by Crippen LogP contribution is -2.31. The minimum absolute atomic E-state index is 0.330. The number of amides is 1. The molecule has 0 spiro atoms. The average molecular weight is 177 g/mol. The molecule has 0 N–H and O–H groups in total. The van der Waals surface area contributed by atoms with E-state index in [1.54, 1.807) is 12.1 Å². The van der Waals surface area contributed by atoms with Gasteiger partial charge in [0.25, 0.3) is 5.91 Å². The molecule has 0 bridgehead atoms. The van der Waals surface area contributed by atoms with Crippen LogP contribution in [0.15, 0.2) is 30.3 Å². The number of anilines is 1. The van der Waals surface area contributed by atoms with Crippen molar-refractivity contribution in [1.82, 2.24) is 0 Å². The van der Waals surface area contributed by atoms with E-state index in [-0.39, 0.29) is 0 Å². The second kappa shape index (κ2) is 4.40. The Morgan fingerprint density at radius 2 is 2.00 bits per heavy atom. The summed E-state index contributed by atoms with van der Waals surface area (Å²) in [6, 6.07) is 9.12. The van der Waals surface area contributed by atoms with Gasteiger partial charge in [0.2, 0.25) is 6.29 Å². The molecule has 1 rings (SSSR count). The Morgan fingerprint density at radius 1 is 1.38 bits per heavy atom. The summed E-state index contributed by atoms with van der Waals surface area (Å²) in [5.41, 5.74) is 0.752. The Kier molecular flexibility index (Phi) is 3.20. The molecule has 3 heteroatoms. The average Bonchev–Trinajstić information content (AvgIpc) is 2.20. The zero-order chi connectivity index (χ0) is 9.68. The molecule has 0 aromatic heterocycles. The first-order valence-corrected chi connectivity index (χ1v) is 4.11. The second-order valence-corrected chi connectivity index (χ2v) is 2.54. The molecule has 0 heterocycles. The molecule has 0 atom stereocenters. The zero-order valence-corrected chi connectivity index (χ0v) is 7.43. The van der Waals surface area contributed by atoms with Crippen molar-refractivity contribution in [3.63, 3.8) is 0 Å². The van der Waals surface area contributed by atoms with Crippen molar-refractivity contribution in [3.8, 4) is 0 Å². The van der Waals surface area contributed by atoms with Gasteiger partial charge in [-0.3, -0.25) is 9.59 Å². The number of aldehydes is 1. The van der Waals surface area contributed by atoms with Gasteiger partial charge in [0, 0.05) is 12.2 Å². The van der Waals surface area contributed by atoms with Gasteiger partial charge in [-0.2, -0.15) is 0 Å². The van der Waals surface area contributed by atoms with E-state index < -0.39 is 5.91 Å². The number of likely N-dealkylation sites (N-methyl/N-ethyl adjacent to an activating group) is 1. The Morgan fingerprint density at radius 3 is 2.46 bits per heavy atom. The van der Waals surface area contributed by atoms with Crippen molar-refractivity contribution < 1.29 is 9.59 Å². The van der Waals surface area contributed by atoms with E-state index in [2.05, 4.69) is 0 Å². The molecule has 0 saturated heterocycles. The van der Waals surface area contributed by atoms with E-state index in [4.69, 9.17) is 0 Å². The minimum Gasteiger partial charge on any atom is -0.306 e. The van der Waals surface area contributed by atoms with E-state index in [1.165, 1.54) is 4.90 Å². The van der Waals surface area contributed by atoms with Crippen molar-refractivity contribution in [1.29, 1.82) is 0 Å². The van der Waals surface area contributed by atoms with Gasteiger partial charge in [0.05, 0.1) is 0 Å². The monoisotopic (exact) mass is 177 g/mol. The third-order valence-corrected chi connectivity index (χ3v) is 1.75. The van der Waals surface area contributed by atoms with Gasteiger partial charge >= 0.3 is 0 Å². The number of para-hydroxylation sites is 1. The molecule has 1 aromatic rings. The summed E-state index contributed by atoms with van der Waals surface area (Å²) in [5.74, 6) is -0.506. The molecule has 1 amide bonds. The fraction of sp³-hybridized carbons (Fsp3) is 0.200. The predicted octanol–water partition coefficient (Wildman–Crippen LogP) is 1.24. The first kappa shape index (κ1) is 9.45. The molecular weight excluding hydrogens is 166 g/mol. The van der Waals surface area contributed by atoms with Crippen LogP contribution in [-0.4, -0.2) is 18.7 Å². The van der Waals surface area contributed by atoms with Crippen LogP contribution in [0.5, 0.6) is 0 Å². The van der Waals surface area contributed by atoms with Gasteiger partial charge in [0.15, 0.2) is 0 Å². The van der Waals surface area contributed by atoms with Crippen molar-refractivity contribution in [2.45, 2.75) is 6.92 Å². The Labute approximate surface area is 77.0 Å². The number of benzene rings is 1. The van der Waals surface area contributed by atoms with E-state index in [1.807, 2.05) is 25.1 Å². The van der Waals surface area contributed by atoms with Crippen LogP contribution in [0.3, 0.4) is 0 Å². The van der Waals surface area contributed by atoms with Crippen molar-refractivity contribution in [2.24, 2.45) is 0 Å². The van der Waals surface area contributed by atoms with E-state index in [9.17, 15) is 9.59 Å². The van der Waals surface area contributed by atoms with Crippen molar-refractivity contribution in [3.05, 3.63) is 30.3 Å². The van der Waals surface area contributed by atoms with Gasteiger partial charge in [-0.15, -0.1) is 0 Å². The summed E-state index contributed by atoms with van der Waals surface area (Å²) < 4.78 is 0. The lowest BCUT2D eigenvalue weighted by Gasteiger charge is -2.17. The molecule has 0 radical (unpaired) electrons. The van der Waals surface area contributed by atoms with Crippen LogP contribution in [0.25, 0.3) is 0 Å². The number of rotatable bonds is 3. The predicted molar refractivity (Wildman–Crippen MR) is 50.5 cm³/mol. The van der Waals surface area contributed by atoms with Crippen LogP contribution in [-0.2, 0) is 9.59 Å². The smallest absolute Gasteiger partial charge is 0.291 e. The lowest BCUT2D eigenvalue weighted by atomic mass is 10.3. The Balaban J connectivity index is 2.91. The van der Waals surface area contributed by atoms with Gasteiger partial charge < -0.3 is 4.90 Å². The second-order valence-electron chi connectivity index (χ2n) is 2.54. The summed E-state index contributed by atoms with van der Waals surface area (Å²) in [7, 11) is 0. The fourth-order valence-corrected chi connectivity index (χ4v) is 1.14. The van der Waals surface area contributed by atoms with E-state index in [0.29, 0.717) is 12.8 Å². The van der Waals surface area contributed by atoms with Gasteiger partial charge in [-0.05, 0) is 19.1 Å². The number of hydrogen-bond acceptors (Lipinski definition) is 2. The SMILES string of the molecule is CCN(C(=O)C=O)c1ccccc1. The van der Waals surface area contributed by atoms with Crippen LogP contribution < -0.4 is 4.90 Å². The summed E-state index contributed by atoms with van der Waals surface area (Å²) in [4.78, 5) is 22.8. The molecule has 1 aromatic carbocycles. The third-order valence-electron chi connectivity index (χ3n) is 1.75. The van der Waals surface area contributed by atoms with Crippen LogP contribution in [0.4, 0.5) is 5.69 Å². The molecule has 0 aliphatic heterocycles. The molecule has 0 saturated carbocycles. The number of carbonyl (C=O) groups is 2. The quantitative estimate of drug-likeness (QED) is 0.514. The van der Waals surface area contributed by atoms with Gasteiger partial charge in [-0.25, -0.2) is 0 Å². The summed E-state index contributed by atoms with van der Waals surface area (Å²) in [5, 5.41) is 0. The maximum atomic E-state index is 11.1. The highest BCUT2D eigenvalue weighted by Crippen LogP contribution is 2.11. The largest absolute Gasteiger partial charge is 0.306 e. The topological polar surface area (TPSA) is 37.4 Å². The standard InChI is InChI=1S/C10H11NO2/c1-2-11(10(13)8-12)9-6-4-3-5-7-9/h3-8H,2H2,1H3. The number of carbonyl (C=O) groups excluding carboxylic acids is 2. The molecule has 0 fully saturated rings. The summed E-state index contributed by atoms with van der Waals surface area (Å²) in [6.45, 7) is 2.33. The van der Waals surface area contributed by atoms with Crippen molar-refractivity contribution in [2.75, 3.05) is 11.4 Å². The molecule has 3 nitrogen and oxygen atoms in total. The molecule has 0 aliphatic rings. The normalized spacial score (nSPS) is 9.31. The first-order chi connectivity index (χ1) is 6.29. The maximum Gasteiger partial charge on any atom is 0.291 e. The zero-order valence-electron chi connectivity index (χ0n) is 7.43. The molecule has 0 aliphatic carbocycles. The summed E-state index contributed by atoms with van der Waals surface area (Å²) in [6.07, 6.45) is 0.330. The van der Waals surface area contributed by atoms with Crippen molar-refractivity contribution >= 4 is 17.9 Å². The van der Waals surface area contributed by atoms with Gasteiger partial charge in [-0.1, -0.05) is 18.2 Å². The van der Waals surface area contributed by atoms with Crippen LogP contribution >= 0.6 is 0 Å². The summed E-state index contributed by atoms with van der Waals surface area (Å²) >= 11 is 0. The minimum atomic E-state index is -0.506. The third kappa shape index (κ3) is 2.15. The highest BCUT2D eigenvalue weighted by molar-refractivity contribution is 6.30. The Bertz CT molecular complexity index is 295. The molecule has 0 unspecified atom stereocenters.